The third-order valence-corrected chi connectivity index (χ3v) is 2.53. The van der Waals surface area contributed by atoms with Crippen molar-refractivity contribution in [1.82, 2.24) is 0 Å². The van der Waals surface area contributed by atoms with E-state index in [2.05, 4.69) is 6.58 Å². The molecule has 0 heterocycles. The first kappa shape index (κ1) is 7.80. The van der Waals surface area contributed by atoms with Crippen molar-refractivity contribution < 1.29 is 5.11 Å². The van der Waals surface area contributed by atoms with Gasteiger partial charge >= 0.3 is 0 Å². The average Bonchev–Trinajstić information content (AvgIpc) is 1.87. The van der Waals surface area contributed by atoms with E-state index in [0.717, 1.165) is 19.3 Å². The van der Waals surface area contributed by atoms with Crippen molar-refractivity contribution in [2.45, 2.75) is 38.2 Å². The van der Waals surface area contributed by atoms with Gasteiger partial charge in [0.15, 0.2) is 0 Å². The van der Waals surface area contributed by atoms with Crippen molar-refractivity contribution in [2.75, 3.05) is 0 Å². The molecule has 1 fully saturated rings. The Labute approximate surface area is 62.8 Å². The minimum absolute atomic E-state index is 0.321. The SMILES string of the molecule is C=C[C@@H]1CCCC[C@]1(C)O. The second-order valence-electron chi connectivity index (χ2n) is 3.45. The van der Waals surface area contributed by atoms with E-state index >= 15 is 0 Å². The molecule has 1 rings (SSSR count). The molecule has 0 unspecified atom stereocenters. The van der Waals surface area contributed by atoms with Gasteiger partial charge in [0.05, 0.1) is 5.60 Å². The van der Waals surface area contributed by atoms with Gasteiger partial charge in [0, 0.05) is 5.92 Å². The number of hydrogen-bond acceptors (Lipinski definition) is 1. The molecule has 1 aliphatic carbocycles. The molecule has 1 nitrogen and oxygen atoms in total. The maximum atomic E-state index is 9.76. The minimum Gasteiger partial charge on any atom is -0.390 e. The van der Waals surface area contributed by atoms with Crippen LogP contribution in [0.5, 0.6) is 0 Å². The molecule has 0 aliphatic heterocycles. The molecule has 2 atom stereocenters. The quantitative estimate of drug-likeness (QED) is 0.553. The third kappa shape index (κ3) is 1.40. The largest absolute Gasteiger partial charge is 0.390 e. The summed E-state index contributed by atoms with van der Waals surface area (Å²) in [6, 6.07) is 0. The molecule has 58 valence electrons. The van der Waals surface area contributed by atoms with Gasteiger partial charge in [-0.05, 0) is 19.8 Å². The summed E-state index contributed by atoms with van der Waals surface area (Å²) in [6.45, 7) is 5.64. The van der Waals surface area contributed by atoms with Crippen LogP contribution in [0, 0.1) is 5.92 Å². The lowest BCUT2D eigenvalue weighted by molar-refractivity contribution is -0.0120. The van der Waals surface area contributed by atoms with Crippen molar-refractivity contribution in [3.8, 4) is 0 Å². The normalized spacial score (nSPS) is 41.2. The zero-order valence-corrected chi connectivity index (χ0v) is 6.64. The van der Waals surface area contributed by atoms with E-state index in [9.17, 15) is 5.11 Å². The standard InChI is InChI=1S/C9H16O/c1-3-8-6-4-5-7-9(8,2)10/h3,8,10H,1,4-7H2,2H3/t8-,9+/m1/s1. The fraction of sp³-hybridized carbons (Fsp3) is 0.778. The minimum atomic E-state index is -0.472. The lowest BCUT2D eigenvalue weighted by atomic mass is 9.77. The van der Waals surface area contributed by atoms with Crippen molar-refractivity contribution in [2.24, 2.45) is 5.92 Å². The molecule has 0 aromatic rings. The van der Waals surface area contributed by atoms with Crippen LogP contribution in [-0.2, 0) is 0 Å². The van der Waals surface area contributed by atoms with Crippen molar-refractivity contribution in [1.29, 1.82) is 0 Å². The number of aliphatic hydroxyl groups is 1. The number of hydrogen-bond donors (Lipinski definition) is 1. The summed E-state index contributed by atoms with van der Waals surface area (Å²) in [5.41, 5.74) is -0.472. The van der Waals surface area contributed by atoms with Gasteiger partial charge in [-0.15, -0.1) is 6.58 Å². The van der Waals surface area contributed by atoms with Crippen LogP contribution in [0.15, 0.2) is 12.7 Å². The smallest absolute Gasteiger partial charge is 0.0681 e. The Hall–Kier alpha value is -0.300. The molecule has 0 amide bonds. The lowest BCUT2D eigenvalue weighted by Gasteiger charge is -2.35. The topological polar surface area (TPSA) is 20.2 Å². The fourth-order valence-corrected chi connectivity index (χ4v) is 1.72. The fourth-order valence-electron chi connectivity index (χ4n) is 1.72. The van der Waals surface area contributed by atoms with E-state index < -0.39 is 5.60 Å². The molecule has 0 bridgehead atoms. The van der Waals surface area contributed by atoms with E-state index in [1.807, 2.05) is 13.0 Å². The Morgan fingerprint density at radius 1 is 1.60 bits per heavy atom. The highest BCUT2D eigenvalue weighted by Crippen LogP contribution is 2.33. The maximum absolute atomic E-state index is 9.76. The maximum Gasteiger partial charge on any atom is 0.0681 e. The monoisotopic (exact) mass is 140 g/mol. The van der Waals surface area contributed by atoms with Crippen molar-refractivity contribution in [3.63, 3.8) is 0 Å². The van der Waals surface area contributed by atoms with E-state index in [-0.39, 0.29) is 0 Å². The summed E-state index contributed by atoms with van der Waals surface area (Å²) in [4.78, 5) is 0. The van der Waals surface area contributed by atoms with Gasteiger partial charge in [0.2, 0.25) is 0 Å². The first-order valence-corrected chi connectivity index (χ1v) is 4.02. The molecule has 10 heavy (non-hydrogen) atoms. The van der Waals surface area contributed by atoms with E-state index in [1.54, 1.807) is 0 Å². The van der Waals surface area contributed by atoms with Crippen LogP contribution in [0.25, 0.3) is 0 Å². The third-order valence-electron chi connectivity index (χ3n) is 2.53. The summed E-state index contributed by atoms with van der Waals surface area (Å²) in [5, 5.41) is 9.76. The molecule has 1 N–H and O–H groups in total. The second-order valence-corrected chi connectivity index (χ2v) is 3.45. The molecular weight excluding hydrogens is 124 g/mol. The van der Waals surface area contributed by atoms with Gasteiger partial charge in [0.25, 0.3) is 0 Å². The van der Waals surface area contributed by atoms with Gasteiger partial charge in [-0.3, -0.25) is 0 Å². The highest BCUT2D eigenvalue weighted by Gasteiger charge is 2.31. The Morgan fingerprint density at radius 3 is 2.70 bits per heavy atom. The first-order valence-electron chi connectivity index (χ1n) is 4.02. The van der Waals surface area contributed by atoms with Gasteiger partial charge in [-0.1, -0.05) is 18.9 Å². The zero-order chi connectivity index (χ0) is 7.61. The molecule has 1 heteroatoms. The lowest BCUT2D eigenvalue weighted by Crippen LogP contribution is -2.35. The van der Waals surface area contributed by atoms with E-state index in [4.69, 9.17) is 0 Å². The van der Waals surface area contributed by atoms with Crippen LogP contribution in [0.4, 0.5) is 0 Å². The Kier molecular flexibility index (Phi) is 2.14. The Bertz CT molecular complexity index is 127. The molecule has 0 aromatic heterocycles. The Morgan fingerprint density at radius 2 is 2.30 bits per heavy atom. The highest BCUT2D eigenvalue weighted by atomic mass is 16.3. The zero-order valence-electron chi connectivity index (χ0n) is 6.64. The first-order chi connectivity index (χ1) is 4.67. The van der Waals surface area contributed by atoms with Crippen LogP contribution in [0.3, 0.4) is 0 Å². The molecule has 1 aliphatic rings. The summed E-state index contributed by atoms with van der Waals surface area (Å²) >= 11 is 0. The highest BCUT2D eigenvalue weighted by molar-refractivity contribution is 4.95. The van der Waals surface area contributed by atoms with Gasteiger partial charge in [-0.25, -0.2) is 0 Å². The molecule has 1 saturated carbocycles. The van der Waals surface area contributed by atoms with Crippen LogP contribution in [-0.4, -0.2) is 10.7 Å². The second kappa shape index (κ2) is 2.75. The van der Waals surface area contributed by atoms with E-state index in [0.29, 0.717) is 5.92 Å². The molecule has 0 spiro atoms. The van der Waals surface area contributed by atoms with Crippen LogP contribution < -0.4 is 0 Å². The predicted octanol–water partition coefficient (Wildman–Crippen LogP) is 2.11. The summed E-state index contributed by atoms with van der Waals surface area (Å²) < 4.78 is 0. The van der Waals surface area contributed by atoms with Crippen LogP contribution in [0.2, 0.25) is 0 Å². The predicted molar refractivity (Wildman–Crippen MR) is 42.8 cm³/mol. The Balaban J connectivity index is 2.59. The molecule has 0 saturated heterocycles. The molecule has 0 aromatic carbocycles. The van der Waals surface area contributed by atoms with Gasteiger partial charge in [-0.2, -0.15) is 0 Å². The van der Waals surface area contributed by atoms with Gasteiger partial charge < -0.3 is 5.11 Å². The van der Waals surface area contributed by atoms with Crippen molar-refractivity contribution in [3.05, 3.63) is 12.7 Å². The van der Waals surface area contributed by atoms with Crippen molar-refractivity contribution >= 4 is 0 Å². The molecule has 0 radical (unpaired) electrons. The molecular formula is C9H16O. The average molecular weight is 140 g/mol. The number of rotatable bonds is 1. The van der Waals surface area contributed by atoms with Crippen LogP contribution in [0.1, 0.15) is 32.6 Å². The van der Waals surface area contributed by atoms with Gasteiger partial charge in [0.1, 0.15) is 0 Å². The summed E-state index contributed by atoms with van der Waals surface area (Å²) in [5.74, 6) is 0.321. The van der Waals surface area contributed by atoms with E-state index in [1.165, 1.54) is 6.42 Å². The summed E-state index contributed by atoms with van der Waals surface area (Å²) in [6.07, 6.45) is 6.34. The van der Waals surface area contributed by atoms with Crippen LogP contribution >= 0.6 is 0 Å². The summed E-state index contributed by atoms with van der Waals surface area (Å²) in [7, 11) is 0.